The monoisotopic (exact) mass is 306 g/mol. The van der Waals surface area contributed by atoms with E-state index in [1.54, 1.807) is 42.5 Å². The van der Waals surface area contributed by atoms with Crippen molar-refractivity contribution in [3.8, 4) is 5.75 Å². The molecule has 0 aliphatic rings. The van der Waals surface area contributed by atoms with Crippen LogP contribution < -0.4 is 4.74 Å². The Kier molecular flexibility index (Phi) is 5.20. The van der Waals surface area contributed by atoms with E-state index in [0.29, 0.717) is 28.5 Å². The van der Waals surface area contributed by atoms with Gasteiger partial charge in [-0.1, -0.05) is 23.7 Å². The van der Waals surface area contributed by atoms with Crippen molar-refractivity contribution in [3.63, 3.8) is 0 Å². The summed E-state index contributed by atoms with van der Waals surface area (Å²) in [6.07, 6.45) is 0. The molecule has 5 heteroatoms. The van der Waals surface area contributed by atoms with Crippen LogP contribution in [0.15, 0.2) is 42.5 Å². The summed E-state index contributed by atoms with van der Waals surface area (Å²) in [5, 5.41) is 9.82. The van der Waals surface area contributed by atoms with Crippen LogP contribution in [0.5, 0.6) is 5.75 Å². The van der Waals surface area contributed by atoms with Gasteiger partial charge in [0.25, 0.3) is 0 Å². The third kappa shape index (κ3) is 3.97. The van der Waals surface area contributed by atoms with Crippen molar-refractivity contribution in [2.24, 2.45) is 0 Å². The maximum Gasteiger partial charge on any atom is 0.337 e. The van der Waals surface area contributed by atoms with Crippen LogP contribution in [0.4, 0.5) is 0 Å². The molecule has 0 fully saturated rings. The van der Waals surface area contributed by atoms with Gasteiger partial charge in [0.1, 0.15) is 12.4 Å². The zero-order valence-corrected chi connectivity index (χ0v) is 12.3. The molecule has 0 saturated heterocycles. The number of carbonyl (C=O) groups is 1. The molecule has 0 atom stereocenters. The normalized spacial score (nSPS) is 10.2. The van der Waals surface area contributed by atoms with Crippen LogP contribution in [-0.4, -0.2) is 18.2 Å². The fraction of sp³-hybridized carbons (Fsp3) is 0.188. The number of methoxy groups -OCH3 is 1. The summed E-state index contributed by atoms with van der Waals surface area (Å²) >= 11 is 5.86. The van der Waals surface area contributed by atoms with E-state index in [-0.39, 0.29) is 12.6 Å². The summed E-state index contributed by atoms with van der Waals surface area (Å²) in [4.78, 5) is 11.3. The van der Waals surface area contributed by atoms with E-state index >= 15 is 0 Å². The molecule has 0 spiro atoms. The first kappa shape index (κ1) is 15.4. The quantitative estimate of drug-likeness (QED) is 0.862. The zero-order valence-electron chi connectivity index (χ0n) is 11.5. The van der Waals surface area contributed by atoms with Gasteiger partial charge in [-0.25, -0.2) is 4.79 Å². The predicted octanol–water partition coefficient (Wildman–Crippen LogP) is 3.20. The van der Waals surface area contributed by atoms with Crippen LogP contribution >= 0.6 is 11.6 Å². The van der Waals surface area contributed by atoms with E-state index in [4.69, 9.17) is 16.3 Å². The number of ether oxygens (including phenoxy) is 2. The molecule has 2 rings (SSSR count). The fourth-order valence-corrected chi connectivity index (χ4v) is 2.02. The van der Waals surface area contributed by atoms with E-state index < -0.39 is 0 Å². The highest BCUT2D eigenvalue weighted by molar-refractivity contribution is 6.30. The van der Waals surface area contributed by atoms with E-state index in [2.05, 4.69) is 4.74 Å². The molecule has 0 radical (unpaired) electrons. The van der Waals surface area contributed by atoms with Crippen LogP contribution in [0, 0.1) is 0 Å². The number of aliphatic hydroxyl groups is 1. The Hall–Kier alpha value is -2.04. The summed E-state index contributed by atoms with van der Waals surface area (Å²) in [5.41, 5.74) is 2.03. The van der Waals surface area contributed by atoms with Crippen LogP contribution in [0.2, 0.25) is 5.02 Å². The van der Waals surface area contributed by atoms with Crippen LogP contribution in [-0.2, 0) is 18.0 Å². The summed E-state index contributed by atoms with van der Waals surface area (Å²) < 4.78 is 10.3. The summed E-state index contributed by atoms with van der Waals surface area (Å²) in [6.45, 7) is 0.188. The molecule has 0 aromatic heterocycles. The van der Waals surface area contributed by atoms with E-state index in [1.807, 2.05) is 0 Å². The minimum atomic E-state index is -0.372. The maximum atomic E-state index is 11.3. The van der Waals surface area contributed by atoms with E-state index in [1.165, 1.54) is 7.11 Å². The lowest BCUT2D eigenvalue weighted by Crippen LogP contribution is -2.02. The van der Waals surface area contributed by atoms with Crippen molar-refractivity contribution in [2.45, 2.75) is 13.2 Å². The van der Waals surface area contributed by atoms with Gasteiger partial charge < -0.3 is 14.6 Å². The molecule has 21 heavy (non-hydrogen) atoms. The average Bonchev–Trinajstić information content (AvgIpc) is 2.53. The molecule has 0 unspecified atom stereocenters. The Morgan fingerprint density at radius 2 is 1.90 bits per heavy atom. The molecule has 0 heterocycles. The average molecular weight is 307 g/mol. The topological polar surface area (TPSA) is 55.8 Å². The highest BCUT2D eigenvalue weighted by atomic mass is 35.5. The van der Waals surface area contributed by atoms with E-state index in [0.717, 1.165) is 5.56 Å². The molecule has 0 saturated carbocycles. The van der Waals surface area contributed by atoms with Gasteiger partial charge in [0, 0.05) is 10.6 Å². The number of aliphatic hydroxyl groups excluding tert-OH is 1. The van der Waals surface area contributed by atoms with Gasteiger partial charge in [-0.2, -0.15) is 0 Å². The van der Waals surface area contributed by atoms with Crippen molar-refractivity contribution >= 4 is 17.6 Å². The van der Waals surface area contributed by atoms with Gasteiger partial charge in [0.05, 0.1) is 19.3 Å². The Bertz CT molecular complexity index is 623. The molecule has 4 nitrogen and oxygen atoms in total. The summed E-state index contributed by atoms with van der Waals surface area (Å²) in [6, 6.07) is 12.0. The number of esters is 1. The molecule has 0 amide bonds. The Labute approximate surface area is 127 Å². The van der Waals surface area contributed by atoms with Crippen molar-refractivity contribution < 1.29 is 19.4 Å². The second-order valence-corrected chi connectivity index (χ2v) is 4.82. The number of benzene rings is 2. The number of halogens is 1. The number of carbonyl (C=O) groups excluding carboxylic acids is 1. The van der Waals surface area contributed by atoms with Gasteiger partial charge in [0.15, 0.2) is 0 Å². The lowest BCUT2D eigenvalue weighted by molar-refractivity contribution is 0.0600. The van der Waals surface area contributed by atoms with Gasteiger partial charge in [-0.05, 0) is 35.9 Å². The van der Waals surface area contributed by atoms with Crippen LogP contribution in [0.3, 0.4) is 0 Å². The molecule has 0 aliphatic carbocycles. The van der Waals surface area contributed by atoms with Gasteiger partial charge in [-0.15, -0.1) is 0 Å². The molecule has 0 aliphatic heterocycles. The molecule has 1 N–H and O–H groups in total. The molecule has 0 bridgehead atoms. The van der Waals surface area contributed by atoms with Gasteiger partial charge >= 0.3 is 5.97 Å². The highest BCUT2D eigenvalue weighted by Crippen LogP contribution is 2.23. The zero-order chi connectivity index (χ0) is 15.2. The van der Waals surface area contributed by atoms with Crippen molar-refractivity contribution in [1.29, 1.82) is 0 Å². The van der Waals surface area contributed by atoms with Gasteiger partial charge in [-0.3, -0.25) is 0 Å². The first-order valence-corrected chi connectivity index (χ1v) is 6.71. The predicted molar refractivity (Wildman–Crippen MR) is 79.5 cm³/mol. The third-order valence-electron chi connectivity index (χ3n) is 2.96. The first-order valence-electron chi connectivity index (χ1n) is 6.33. The molecular weight excluding hydrogens is 292 g/mol. The standard InChI is InChI=1S/C16H15ClO4/c1-20-16(19)12-4-2-11(3-5-12)10-21-15-7-6-14(17)8-13(15)9-18/h2-8,18H,9-10H2,1H3. The Morgan fingerprint density at radius 1 is 1.19 bits per heavy atom. The van der Waals surface area contributed by atoms with Crippen LogP contribution in [0.25, 0.3) is 0 Å². The maximum absolute atomic E-state index is 11.3. The number of rotatable bonds is 5. The van der Waals surface area contributed by atoms with Crippen molar-refractivity contribution in [1.82, 2.24) is 0 Å². The lowest BCUT2D eigenvalue weighted by atomic mass is 10.1. The Balaban J connectivity index is 2.05. The third-order valence-corrected chi connectivity index (χ3v) is 3.20. The largest absolute Gasteiger partial charge is 0.489 e. The second-order valence-electron chi connectivity index (χ2n) is 4.39. The van der Waals surface area contributed by atoms with E-state index in [9.17, 15) is 9.90 Å². The lowest BCUT2D eigenvalue weighted by Gasteiger charge is -2.10. The van der Waals surface area contributed by atoms with Crippen molar-refractivity contribution in [2.75, 3.05) is 7.11 Å². The summed E-state index contributed by atoms with van der Waals surface area (Å²) in [5.74, 6) is 0.210. The minimum absolute atomic E-state index is 0.142. The second kappa shape index (κ2) is 7.11. The minimum Gasteiger partial charge on any atom is -0.489 e. The van der Waals surface area contributed by atoms with Crippen LogP contribution in [0.1, 0.15) is 21.5 Å². The molecule has 2 aromatic rings. The van der Waals surface area contributed by atoms with Gasteiger partial charge in [0.2, 0.25) is 0 Å². The molecule has 2 aromatic carbocycles. The smallest absolute Gasteiger partial charge is 0.337 e. The fourth-order valence-electron chi connectivity index (χ4n) is 1.83. The van der Waals surface area contributed by atoms with Crippen molar-refractivity contribution in [3.05, 3.63) is 64.2 Å². The SMILES string of the molecule is COC(=O)c1ccc(COc2ccc(Cl)cc2CO)cc1. The molecule has 110 valence electrons. The highest BCUT2D eigenvalue weighted by Gasteiger charge is 2.06. The number of hydrogen-bond acceptors (Lipinski definition) is 4. The molecular formula is C16H15ClO4. The Morgan fingerprint density at radius 3 is 2.52 bits per heavy atom. The number of hydrogen-bond donors (Lipinski definition) is 1. The first-order chi connectivity index (χ1) is 10.1. The summed E-state index contributed by atoms with van der Waals surface area (Å²) in [7, 11) is 1.34.